The van der Waals surface area contributed by atoms with Gasteiger partial charge in [0.2, 0.25) is 10.0 Å². The van der Waals surface area contributed by atoms with E-state index in [1.165, 1.54) is 18.2 Å². The van der Waals surface area contributed by atoms with E-state index in [0.29, 0.717) is 41.6 Å². The monoisotopic (exact) mass is 496 g/mol. The summed E-state index contributed by atoms with van der Waals surface area (Å²) in [6.45, 7) is 2.57. The zero-order valence-corrected chi connectivity index (χ0v) is 20.3. The number of amides is 1. The third-order valence-electron chi connectivity index (χ3n) is 5.69. The minimum Gasteiger partial charge on any atom is -0.484 e. The van der Waals surface area contributed by atoms with Crippen LogP contribution in [0.1, 0.15) is 31.4 Å². The zero-order chi connectivity index (χ0) is 24.8. The number of hydrogen-bond acceptors (Lipinski definition) is 6. The second kappa shape index (κ2) is 10.8. The normalized spacial score (nSPS) is 14.8. The summed E-state index contributed by atoms with van der Waals surface area (Å²) in [5.74, 6) is 0.428. The summed E-state index contributed by atoms with van der Waals surface area (Å²) in [5, 5.41) is 2.75. The van der Waals surface area contributed by atoms with Crippen LogP contribution in [-0.2, 0) is 14.8 Å². The highest BCUT2D eigenvalue weighted by molar-refractivity contribution is 7.89. The predicted octanol–water partition coefficient (Wildman–Crippen LogP) is 3.33. The van der Waals surface area contributed by atoms with Gasteiger partial charge in [-0.15, -0.1) is 0 Å². The number of anilines is 1. The first-order valence-electron chi connectivity index (χ1n) is 11.5. The molecule has 3 aromatic rings. The molecule has 1 aliphatic heterocycles. The number of carbonyl (C=O) groups excluding carboxylic acids is 1. The molecule has 2 heterocycles. The highest BCUT2D eigenvalue weighted by Gasteiger charge is 2.25. The number of nitrogens with zero attached hydrogens (tertiary/aromatic N) is 2. The van der Waals surface area contributed by atoms with Gasteiger partial charge in [0.25, 0.3) is 11.5 Å². The van der Waals surface area contributed by atoms with E-state index in [0.717, 1.165) is 25.7 Å². The van der Waals surface area contributed by atoms with E-state index in [1.54, 1.807) is 47.6 Å². The summed E-state index contributed by atoms with van der Waals surface area (Å²) in [6.07, 6.45) is 3.84. The fraction of sp³-hybridized carbons (Fsp3) is 0.320. The highest BCUT2D eigenvalue weighted by Crippen LogP contribution is 2.23. The molecule has 35 heavy (non-hydrogen) atoms. The van der Waals surface area contributed by atoms with Crippen LogP contribution in [0.25, 0.3) is 11.4 Å². The Kier molecular flexibility index (Phi) is 7.62. The first-order valence-corrected chi connectivity index (χ1v) is 13.0. The molecule has 0 spiro atoms. The number of aryl methyl sites for hydroxylation is 1. The number of benzene rings is 2. The van der Waals surface area contributed by atoms with E-state index >= 15 is 0 Å². The largest absolute Gasteiger partial charge is 0.484 e. The summed E-state index contributed by atoms with van der Waals surface area (Å²) in [6, 6.07) is 14.5. The van der Waals surface area contributed by atoms with E-state index in [2.05, 4.69) is 15.3 Å². The molecular formula is C25H28N4O5S. The lowest BCUT2D eigenvalue weighted by Crippen LogP contribution is -2.31. The Labute approximate surface area is 204 Å². The molecule has 1 saturated heterocycles. The molecule has 10 heteroatoms. The maximum absolute atomic E-state index is 12.9. The number of aromatic amines is 1. The Balaban J connectivity index is 1.35. The molecule has 0 unspecified atom stereocenters. The second-order valence-corrected chi connectivity index (χ2v) is 10.4. The third-order valence-corrected chi connectivity index (χ3v) is 7.60. The van der Waals surface area contributed by atoms with Crippen molar-refractivity contribution in [3.05, 3.63) is 70.6 Å². The molecule has 184 valence electrons. The van der Waals surface area contributed by atoms with Crippen LogP contribution in [0.5, 0.6) is 5.75 Å². The van der Waals surface area contributed by atoms with Gasteiger partial charge < -0.3 is 15.0 Å². The van der Waals surface area contributed by atoms with Gasteiger partial charge in [0.05, 0.1) is 4.90 Å². The van der Waals surface area contributed by atoms with Gasteiger partial charge in [0.1, 0.15) is 11.6 Å². The van der Waals surface area contributed by atoms with Crippen molar-refractivity contribution in [1.82, 2.24) is 14.3 Å². The highest BCUT2D eigenvalue weighted by atomic mass is 32.2. The van der Waals surface area contributed by atoms with Crippen molar-refractivity contribution in [2.45, 2.75) is 37.5 Å². The van der Waals surface area contributed by atoms with Crippen LogP contribution in [0.3, 0.4) is 0 Å². The lowest BCUT2D eigenvalue weighted by atomic mass is 10.2. The Hall–Kier alpha value is -3.50. The molecule has 1 aliphatic rings. The molecule has 4 rings (SSSR count). The quantitative estimate of drug-likeness (QED) is 0.518. The van der Waals surface area contributed by atoms with Crippen LogP contribution in [-0.4, -0.2) is 48.3 Å². The van der Waals surface area contributed by atoms with Crippen molar-refractivity contribution in [1.29, 1.82) is 0 Å². The van der Waals surface area contributed by atoms with Gasteiger partial charge in [-0.2, -0.15) is 4.31 Å². The Bertz CT molecular complexity index is 1340. The number of hydrogen-bond donors (Lipinski definition) is 2. The van der Waals surface area contributed by atoms with E-state index in [1.807, 2.05) is 0 Å². The van der Waals surface area contributed by atoms with Crippen molar-refractivity contribution < 1.29 is 17.9 Å². The number of sulfonamides is 1. The average Bonchev–Trinajstić information content (AvgIpc) is 3.13. The molecule has 1 amide bonds. The molecular weight excluding hydrogens is 468 g/mol. The summed E-state index contributed by atoms with van der Waals surface area (Å²) in [7, 11) is -3.54. The van der Waals surface area contributed by atoms with Gasteiger partial charge in [0, 0.05) is 36.1 Å². The number of nitrogens with one attached hydrogen (secondary N) is 2. The molecule has 2 N–H and O–H groups in total. The molecule has 0 aliphatic carbocycles. The van der Waals surface area contributed by atoms with Crippen LogP contribution in [0.15, 0.2) is 64.3 Å². The summed E-state index contributed by atoms with van der Waals surface area (Å²) < 4.78 is 32.8. The number of ether oxygens (including phenoxy) is 1. The van der Waals surface area contributed by atoms with Gasteiger partial charge in [-0.3, -0.25) is 9.59 Å². The van der Waals surface area contributed by atoms with Gasteiger partial charge in [-0.05, 0) is 56.2 Å². The van der Waals surface area contributed by atoms with Crippen molar-refractivity contribution >= 4 is 21.6 Å². The van der Waals surface area contributed by atoms with Crippen molar-refractivity contribution in [2.24, 2.45) is 0 Å². The minimum atomic E-state index is -3.54. The first-order chi connectivity index (χ1) is 16.8. The van der Waals surface area contributed by atoms with Gasteiger partial charge in [-0.1, -0.05) is 25.0 Å². The van der Waals surface area contributed by atoms with E-state index in [9.17, 15) is 18.0 Å². The number of rotatable bonds is 7. The first kappa shape index (κ1) is 24.6. The molecule has 0 atom stereocenters. The van der Waals surface area contributed by atoms with Gasteiger partial charge >= 0.3 is 0 Å². The van der Waals surface area contributed by atoms with Gasteiger partial charge in [0.15, 0.2) is 6.61 Å². The fourth-order valence-corrected chi connectivity index (χ4v) is 5.46. The second-order valence-electron chi connectivity index (χ2n) is 8.44. The molecule has 9 nitrogen and oxygen atoms in total. The average molecular weight is 497 g/mol. The molecule has 1 fully saturated rings. The molecule has 0 saturated carbocycles. The maximum atomic E-state index is 12.9. The molecule has 2 aromatic carbocycles. The Morgan fingerprint density at radius 2 is 1.77 bits per heavy atom. The summed E-state index contributed by atoms with van der Waals surface area (Å²) in [4.78, 5) is 31.3. The fourth-order valence-electron chi connectivity index (χ4n) is 3.94. The van der Waals surface area contributed by atoms with Crippen LogP contribution in [0, 0.1) is 6.92 Å². The minimum absolute atomic E-state index is 0.218. The van der Waals surface area contributed by atoms with Crippen molar-refractivity contribution in [2.75, 3.05) is 25.0 Å². The van der Waals surface area contributed by atoms with Gasteiger partial charge in [-0.25, -0.2) is 13.4 Å². The van der Waals surface area contributed by atoms with E-state index in [-0.39, 0.29) is 23.0 Å². The van der Waals surface area contributed by atoms with E-state index in [4.69, 9.17) is 4.74 Å². The summed E-state index contributed by atoms with van der Waals surface area (Å²) in [5.41, 5.74) is 1.53. The standard InChI is InChI=1S/C25H28N4O5S/c1-18-15-23(30)28-25(26-18)19-7-6-8-20(16-19)27-24(31)17-34-21-9-11-22(12-10-21)35(32,33)29-13-4-2-3-5-14-29/h6-12,15-16H,2-5,13-14,17H2,1H3,(H,27,31)(H,26,28,30). The smallest absolute Gasteiger partial charge is 0.262 e. The topological polar surface area (TPSA) is 121 Å². The molecule has 0 bridgehead atoms. The number of H-pyrrole nitrogens is 1. The van der Waals surface area contributed by atoms with Crippen molar-refractivity contribution in [3.8, 4) is 17.1 Å². The van der Waals surface area contributed by atoms with E-state index < -0.39 is 10.0 Å². The van der Waals surface area contributed by atoms with Crippen LogP contribution < -0.4 is 15.6 Å². The lowest BCUT2D eigenvalue weighted by molar-refractivity contribution is -0.118. The molecule has 1 aromatic heterocycles. The lowest BCUT2D eigenvalue weighted by Gasteiger charge is -2.20. The molecule has 0 radical (unpaired) electrons. The zero-order valence-electron chi connectivity index (χ0n) is 19.5. The number of carbonyl (C=O) groups is 1. The third kappa shape index (κ3) is 6.34. The van der Waals surface area contributed by atoms with Crippen LogP contribution in [0.2, 0.25) is 0 Å². The Morgan fingerprint density at radius 1 is 1.06 bits per heavy atom. The predicted molar refractivity (Wildman–Crippen MR) is 133 cm³/mol. The van der Waals surface area contributed by atoms with Crippen LogP contribution in [0.4, 0.5) is 5.69 Å². The summed E-state index contributed by atoms with van der Waals surface area (Å²) >= 11 is 0. The van der Waals surface area contributed by atoms with Crippen molar-refractivity contribution in [3.63, 3.8) is 0 Å². The SMILES string of the molecule is Cc1cc(=O)[nH]c(-c2cccc(NC(=O)COc3ccc(S(=O)(=O)N4CCCCCC4)cc3)c2)n1. The van der Waals surface area contributed by atoms with Crippen LogP contribution >= 0.6 is 0 Å². The maximum Gasteiger partial charge on any atom is 0.262 e. The number of aromatic nitrogens is 2. The Morgan fingerprint density at radius 3 is 2.46 bits per heavy atom.